The molecule has 0 bridgehead atoms. The first kappa shape index (κ1) is 13.1. The second kappa shape index (κ2) is 6.02. The Morgan fingerprint density at radius 2 is 2.22 bits per heavy atom. The van der Waals surface area contributed by atoms with E-state index in [1.165, 1.54) is 0 Å². The van der Waals surface area contributed by atoms with Crippen LogP contribution in [0.2, 0.25) is 0 Å². The van der Waals surface area contributed by atoms with Gasteiger partial charge in [-0.1, -0.05) is 19.1 Å². The number of nitrogens with zero attached hydrogens (tertiary/aromatic N) is 1. The van der Waals surface area contributed by atoms with Crippen molar-refractivity contribution in [3.8, 4) is 0 Å². The largest absolute Gasteiger partial charge is 0.309 e. The number of hydrogen-bond donors (Lipinski definition) is 2. The van der Waals surface area contributed by atoms with E-state index in [9.17, 15) is 4.79 Å². The normalized spacial score (nSPS) is 12.8. The molecule has 1 heterocycles. The van der Waals surface area contributed by atoms with Crippen LogP contribution in [-0.4, -0.2) is 28.0 Å². The van der Waals surface area contributed by atoms with Gasteiger partial charge in [0.05, 0.1) is 17.4 Å². The molecule has 2 N–H and O–H groups in total. The summed E-state index contributed by atoms with van der Waals surface area (Å²) in [4.78, 5) is 19.1. The number of rotatable bonds is 5. The van der Waals surface area contributed by atoms with Gasteiger partial charge in [0.2, 0.25) is 0 Å². The molecule has 1 atom stereocenters. The summed E-state index contributed by atoms with van der Waals surface area (Å²) < 4.78 is 0. The maximum Gasteiger partial charge on any atom is 0.258 e. The highest BCUT2D eigenvalue weighted by Crippen LogP contribution is 2.06. The average molecular weight is 263 g/mol. The molecule has 4 nitrogen and oxygen atoms in total. The van der Waals surface area contributed by atoms with Crippen LogP contribution in [0.1, 0.15) is 12.7 Å². The van der Waals surface area contributed by atoms with Crippen LogP contribution in [-0.2, 0) is 6.54 Å². The number of aromatic amines is 1. The minimum atomic E-state index is -0.0738. The molecule has 1 aromatic carbocycles. The molecular formula is C13H17N3OS. The second-order valence-electron chi connectivity index (χ2n) is 4.21. The Kier molecular flexibility index (Phi) is 4.38. The Hall–Kier alpha value is -1.33. The third-order valence-electron chi connectivity index (χ3n) is 2.79. The lowest BCUT2D eigenvalue weighted by molar-refractivity contribution is 0.658. The van der Waals surface area contributed by atoms with Crippen molar-refractivity contribution >= 4 is 22.7 Å². The fourth-order valence-electron chi connectivity index (χ4n) is 1.70. The van der Waals surface area contributed by atoms with Gasteiger partial charge in [0.25, 0.3) is 5.56 Å². The summed E-state index contributed by atoms with van der Waals surface area (Å²) in [6, 6.07) is 7.38. The Bertz CT molecular complexity index is 582. The number of fused-ring (bicyclic) bond motifs is 1. The fourth-order valence-corrected chi connectivity index (χ4v) is 1.98. The summed E-state index contributed by atoms with van der Waals surface area (Å²) in [5.41, 5.74) is 0.672. The smallest absolute Gasteiger partial charge is 0.258 e. The zero-order chi connectivity index (χ0) is 13.0. The lowest BCUT2D eigenvalue weighted by Gasteiger charge is -2.09. The highest BCUT2D eigenvalue weighted by atomic mass is 32.2. The van der Waals surface area contributed by atoms with E-state index in [2.05, 4.69) is 28.5 Å². The Balaban J connectivity index is 2.12. The average Bonchev–Trinajstić information content (AvgIpc) is 2.38. The van der Waals surface area contributed by atoms with Gasteiger partial charge in [0, 0.05) is 11.8 Å². The van der Waals surface area contributed by atoms with Crippen molar-refractivity contribution in [3.63, 3.8) is 0 Å². The van der Waals surface area contributed by atoms with Gasteiger partial charge < -0.3 is 10.3 Å². The minimum Gasteiger partial charge on any atom is -0.309 e. The molecule has 1 unspecified atom stereocenters. The predicted molar refractivity (Wildman–Crippen MR) is 77.0 cm³/mol. The first-order valence-electron chi connectivity index (χ1n) is 5.92. The summed E-state index contributed by atoms with van der Waals surface area (Å²) >= 11 is 1.81. The summed E-state index contributed by atoms with van der Waals surface area (Å²) in [5, 5.41) is 4.48. The maximum absolute atomic E-state index is 11.8. The Morgan fingerprint density at radius 1 is 1.44 bits per heavy atom. The van der Waals surface area contributed by atoms with Crippen molar-refractivity contribution in [2.75, 3.05) is 12.8 Å². The van der Waals surface area contributed by atoms with Crippen LogP contribution in [0.4, 0.5) is 0 Å². The van der Waals surface area contributed by atoms with Crippen LogP contribution in [0.3, 0.4) is 0 Å². The van der Waals surface area contributed by atoms with Crippen molar-refractivity contribution in [3.05, 3.63) is 40.4 Å². The second-order valence-corrected chi connectivity index (χ2v) is 5.48. The zero-order valence-corrected chi connectivity index (χ0v) is 11.4. The van der Waals surface area contributed by atoms with Crippen molar-refractivity contribution in [2.24, 2.45) is 0 Å². The fraction of sp³-hybridized carbons (Fsp3) is 0.385. The van der Waals surface area contributed by atoms with E-state index in [-0.39, 0.29) is 5.56 Å². The number of hydrogen-bond acceptors (Lipinski definition) is 4. The Morgan fingerprint density at radius 3 is 3.00 bits per heavy atom. The van der Waals surface area contributed by atoms with Crippen molar-refractivity contribution in [2.45, 2.75) is 18.7 Å². The van der Waals surface area contributed by atoms with E-state index < -0.39 is 0 Å². The van der Waals surface area contributed by atoms with E-state index in [1.807, 2.05) is 30.0 Å². The van der Waals surface area contributed by atoms with Crippen LogP contribution in [0.5, 0.6) is 0 Å². The predicted octanol–water partition coefficient (Wildman–Crippen LogP) is 1.76. The molecule has 0 fully saturated rings. The van der Waals surface area contributed by atoms with Gasteiger partial charge in [0.15, 0.2) is 0 Å². The summed E-state index contributed by atoms with van der Waals surface area (Å²) in [7, 11) is 0. The quantitative estimate of drug-likeness (QED) is 0.863. The molecule has 0 radical (unpaired) electrons. The third kappa shape index (κ3) is 3.11. The standard InChI is InChI=1S/C13H17N3OS/c1-9(18-2)7-14-8-12-15-11-6-4-3-5-10(11)13(17)16-12/h3-6,9,14H,7-8H2,1-2H3,(H,15,16,17). The maximum atomic E-state index is 11.8. The summed E-state index contributed by atoms with van der Waals surface area (Å²) in [6.07, 6.45) is 2.09. The summed E-state index contributed by atoms with van der Waals surface area (Å²) in [5.74, 6) is 0.687. The molecule has 0 spiro atoms. The number of nitrogens with one attached hydrogen (secondary N) is 2. The zero-order valence-electron chi connectivity index (χ0n) is 10.6. The molecule has 1 aromatic heterocycles. The molecule has 0 aliphatic carbocycles. The number of aromatic nitrogens is 2. The van der Waals surface area contributed by atoms with Crippen LogP contribution in [0.25, 0.3) is 10.9 Å². The first-order valence-corrected chi connectivity index (χ1v) is 7.21. The van der Waals surface area contributed by atoms with E-state index in [0.717, 1.165) is 12.1 Å². The van der Waals surface area contributed by atoms with Crippen LogP contribution in [0.15, 0.2) is 29.1 Å². The third-order valence-corrected chi connectivity index (χ3v) is 3.76. The van der Waals surface area contributed by atoms with Crippen LogP contribution >= 0.6 is 11.8 Å². The van der Waals surface area contributed by atoms with Gasteiger partial charge >= 0.3 is 0 Å². The summed E-state index contributed by atoms with van der Waals surface area (Å²) in [6.45, 7) is 3.65. The van der Waals surface area contributed by atoms with Gasteiger partial charge in [0.1, 0.15) is 5.82 Å². The Labute approximate surface area is 110 Å². The molecule has 0 aliphatic heterocycles. The van der Waals surface area contributed by atoms with Gasteiger partial charge in [-0.3, -0.25) is 4.79 Å². The van der Waals surface area contributed by atoms with Gasteiger partial charge in [-0.2, -0.15) is 11.8 Å². The molecule has 2 aromatic rings. The molecule has 0 amide bonds. The highest BCUT2D eigenvalue weighted by Gasteiger charge is 2.03. The van der Waals surface area contributed by atoms with Gasteiger partial charge in [-0.25, -0.2) is 4.98 Å². The number of benzene rings is 1. The topological polar surface area (TPSA) is 57.8 Å². The molecule has 0 saturated heterocycles. The van der Waals surface area contributed by atoms with Gasteiger partial charge in [-0.05, 0) is 18.4 Å². The van der Waals surface area contributed by atoms with Gasteiger partial charge in [-0.15, -0.1) is 0 Å². The van der Waals surface area contributed by atoms with E-state index in [0.29, 0.717) is 23.0 Å². The first-order chi connectivity index (χ1) is 8.70. The monoisotopic (exact) mass is 263 g/mol. The highest BCUT2D eigenvalue weighted by molar-refractivity contribution is 7.99. The van der Waals surface area contributed by atoms with Crippen molar-refractivity contribution in [1.29, 1.82) is 0 Å². The van der Waals surface area contributed by atoms with E-state index >= 15 is 0 Å². The van der Waals surface area contributed by atoms with Crippen LogP contribution < -0.4 is 10.9 Å². The van der Waals surface area contributed by atoms with Crippen molar-refractivity contribution in [1.82, 2.24) is 15.3 Å². The van der Waals surface area contributed by atoms with E-state index in [4.69, 9.17) is 0 Å². The molecule has 18 heavy (non-hydrogen) atoms. The van der Waals surface area contributed by atoms with Crippen molar-refractivity contribution < 1.29 is 0 Å². The number of para-hydroxylation sites is 1. The van der Waals surface area contributed by atoms with E-state index in [1.54, 1.807) is 6.07 Å². The molecule has 5 heteroatoms. The molecule has 0 aliphatic rings. The number of thioether (sulfide) groups is 1. The molecule has 2 rings (SSSR count). The lowest BCUT2D eigenvalue weighted by atomic mass is 10.2. The minimum absolute atomic E-state index is 0.0738. The molecule has 96 valence electrons. The van der Waals surface area contributed by atoms with Crippen LogP contribution in [0, 0.1) is 0 Å². The molecular weight excluding hydrogens is 246 g/mol. The lowest BCUT2D eigenvalue weighted by Crippen LogP contribution is -2.24. The SMILES string of the molecule is CSC(C)CNCc1nc2ccccc2c(=O)[nH]1. The molecule has 0 saturated carbocycles. The number of H-pyrrole nitrogens is 1.